The van der Waals surface area contributed by atoms with E-state index in [9.17, 15) is 0 Å². The molecule has 3 heterocycles. The molecule has 2 saturated heterocycles. The summed E-state index contributed by atoms with van der Waals surface area (Å²) in [5.74, 6) is 2.51. The van der Waals surface area contributed by atoms with Crippen LogP contribution in [0.5, 0.6) is 11.5 Å². The molecular formula is C17H23NO3. The van der Waals surface area contributed by atoms with Gasteiger partial charge in [0.1, 0.15) is 13.2 Å². The van der Waals surface area contributed by atoms with Crippen LogP contribution < -0.4 is 9.47 Å². The minimum absolute atomic E-state index is 0.529. The van der Waals surface area contributed by atoms with E-state index in [0.717, 1.165) is 24.7 Å². The second kappa shape index (κ2) is 5.85. The Morgan fingerprint density at radius 2 is 1.95 bits per heavy atom. The molecule has 0 radical (unpaired) electrons. The van der Waals surface area contributed by atoms with Gasteiger partial charge in [-0.1, -0.05) is 6.07 Å². The molecule has 0 bridgehead atoms. The molecule has 0 amide bonds. The molecule has 4 rings (SSSR count). The van der Waals surface area contributed by atoms with Gasteiger partial charge in [-0.2, -0.15) is 0 Å². The molecule has 0 aliphatic carbocycles. The van der Waals surface area contributed by atoms with E-state index < -0.39 is 0 Å². The number of rotatable bonds is 3. The molecule has 114 valence electrons. The number of fused-ring (bicyclic) bond motifs is 1. The topological polar surface area (TPSA) is 30.9 Å². The van der Waals surface area contributed by atoms with Gasteiger partial charge < -0.3 is 14.2 Å². The number of nitrogens with zero attached hydrogens (tertiary/aromatic N) is 1. The number of hydrogen-bond donors (Lipinski definition) is 0. The van der Waals surface area contributed by atoms with Crippen molar-refractivity contribution in [1.82, 2.24) is 4.90 Å². The third-order valence-corrected chi connectivity index (χ3v) is 4.83. The predicted octanol–water partition coefficient (Wildman–Crippen LogP) is 2.63. The van der Waals surface area contributed by atoms with Gasteiger partial charge in [0.2, 0.25) is 0 Å². The molecule has 0 spiro atoms. The molecule has 21 heavy (non-hydrogen) atoms. The van der Waals surface area contributed by atoms with Crippen molar-refractivity contribution in [3.8, 4) is 11.5 Å². The van der Waals surface area contributed by atoms with Crippen molar-refractivity contribution in [3.63, 3.8) is 0 Å². The smallest absolute Gasteiger partial charge is 0.161 e. The Bertz CT molecular complexity index is 499. The molecule has 0 saturated carbocycles. The molecular weight excluding hydrogens is 266 g/mol. The van der Waals surface area contributed by atoms with Crippen molar-refractivity contribution in [3.05, 3.63) is 23.8 Å². The highest BCUT2D eigenvalue weighted by atomic mass is 16.6. The summed E-state index contributed by atoms with van der Waals surface area (Å²) in [5.41, 5.74) is 1.37. The second-order valence-corrected chi connectivity index (χ2v) is 6.29. The Morgan fingerprint density at radius 1 is 1.05 bits per heavy atom. The lowest BCUT2D eigenvalue weighted by Crippen LogP contribution is -2.29. The zero-order chi connectivity index (χ0) is 14.1. The van der Waals surface area contributed by atoms with E-state index in [0.29, 0.717) is 25.2 Å². The van der Waals surface area contributed by atoms with E-state index in [2.05, 4.69) is 23.1 Å². The summed E-state index contributed by atoms with van der Waals surface area (Å²) in [6, 6.07) is 6.99. The van der Waals surface area contributed by atoms with Gasteiger partial charge in [-0.3, -0.25) is 4.90 Å². The van der Waals surface area contributed by atoms with E-state index >= 15 is 0 Å². The van der Waals surface area contributed by atoms with Crippen LogP contribution in [0.2, 0.25) is 0 Å². The third-order valence-electron chi connectivity index (χ3n) is 4.83. The Kier molecular flexibility index (Phi) is 3.74. The predicted molar refractivity (Wildman–Crippen MR) is 79.9 cm³/mol. The largest absolute Gasteiger partial charge is 0.486 e. The van der Waals surface area contributed by atoms with Crippen LogP contribution in [0.15, 0.2) is 18.2 Å². The first-order chi connectivity index (χ1) is 10.4. The first-order valence-corrected chi connectivity index (χ1v) is 8.11. The number of ether oxygens (including phenoxy) is 3. The molecule has 1 aromatic rings. The van der Waals surface area contributed by atoms with E-state index in [1.54, 1.807) is 0 Å². The van der Waals surface area contributed by atoms with Gasteiger partial charge in [-0.25, -0.2) is 0 Å². The van der Waals surface area contributed by atoms with E-state index in [-0.39, 0.29) is 0 Å². The molecule has 0 N–H and O–H groups in total. The fourth-order valence-electron chi connectivity index (χ4n) is 3.75. The summed E-state index contributed by atoms with van der Waals surface area (Å²) < 4.78 is 16.9. The third kappa shape index (κ3) is 2.74. The first kappa shape index (κ1) is 13.4. The van der Waals surface area contributed by atoms with Crippen LogP contribution >= 0.6 is 0 Å². The molecule has 4 heteroatoms. The zero-order valence-electron chi connectivity index (χ0n) is 12.4. The average Bonchev–Trinajstić information content (AvgIpc) is 3.19. The standard InChI is InChI=1S/C17H23NO3/c1-2-15(18(6-1)11-13-5-7-19-12-13)14-3-4-16-17(10-14)21-9-8-20-16/h3-4,10,13,15H,1-2,5-9,11-12H2/t13-,15+/m0/s1. The van der Waals surface area contributed by atoms with Gasteiger partial charge in [0, 0.05) is 19.2 Å². The van der Waals surface area contributed by atoms with Crippen LogP contribution in [0.4, 0.5) is 0 Å². The van der Waals surface area contributed by atoms with Gasteiger partial charge in [0.25, 0.3) is 0 Å². The molecule has 2 fully saturated rings. The van der Waals surface area contributed by atoms with E-state index in [4.69, 9.17) is 14.2 Å². The number of benzene rings is 1. The van der Waals surface area contributed by atoms with Crippen molar-refractivity contribution >= 4 is 0 Å². The molecule has 0 unspecified atom stereocenters. The molecule has 3 aliphatic rings. The summed E-state index contributed by atoms with van der Waals surface area (Å²) in [6.07, 6.45) is 3.74. The summed E-state index contributed by atoms with van der Waals surface area (Å²) in [7, 11) is 0. The highest BCUT2D eigenvalue weighted by molar-refractivity contribution is 5.44. The van der Waals surface area contributed by atoms with Crippen LogP contribution in [-0.4, -0.2) is 44.4 Å². The molecule has 4 nitrogen and oxygen atoms in total. The van der Waals surface area contributed by atoms with Gasteiger partial charge in [-0.05, 0) is 49.4 Å². The van der Waals surface area contributed by atoms with Crippen LogP contribution in [0, 0.1) is 5.92 Å². The lowest BCUT2D eigenvalue weighted by atomic mass is 10.0. The van der Waals surface area contributed by atoms with Gasteiger partial charge in [0.05, 0.1) is 6.61 Å². The van der Waals surface area contributed by atoms with Gasteiger partial charge in [-0.15, -0.1) is 0 Å². The van der Waals surface area contributed by atoms with Crippen LogP contribution in [0.25, 0.3) is 0 Å². The van der Waals surface area contributed by atoms with Crippen LogP contribution in [-0.2, 0) is 4.74 Å². The zero-order valence-corrected chi connectivity index (χ0v) is 12.4. The van der Waals surface area contributed by atoms with Gasteiger partial charge >= 0.3 is 0 Å². The second-order valence-electron chi connectivity index (χ2n) is 6.29. The molecule has 0 aromatic heterocycles. The Balaban J connectivity index is 1.51. The lowest BCUT2D eigenvalue weighted by molar-refractivity contribution is 0.161. The summed E-state index contributed by atoms with van der Waals surface area (Å²) in [6.45, 7) is 5.56. The van der Waals surface area contributed by atoms with Crippen LogP contribution in [0.3, 0.4) is 0 Å². The number of hydrogen-bond acceptors (Lipinski definition) is 4. The Hall–Kier alpha value is -1.26. The fraction of sp³-hybridized carbons (Fsp3) is 0.647. The van der Waals surface area contributed by atoms with E-state index in [1.165, 1.54) is 37.9 Å². The summed E-state index contributed by atoms with van der Waals surface area (Å²) in [4.78, 5) is 2.63. The fourth-order valence-corrected chi connectivity index (χ4v) is 3.75. The number of likely N-dealkylation sites (tertiary alicyclic amines) is 1. The SMILES string of the molecule is c1cc2c(cc1[C@H]1CCCN1C[C@@H]1CCOC1)OCCO2. The van der Waals surface area contributed by atoms with Crippen molar-refractivity contribution in [2.45, 2.75) is 25.3 Å². The van der Waals surface area contributed by atoms with Crippen molar-refractivity contribution in [1.29, 1.82) is 0 Å². The maximum absolute atomic E-state index is 5.73. The normalized spacial score (nSPS) is 29.0. The van der Waals surface area contributed by atoms with Crippen molar-refractivity contribution in [2.24, 2.45) is 5.92 Å². The Labute approximate surface area is 126 Å². The van der Waals surface area contributed by atoms with Gasteiger partial charge in [0.15, 0.2) is 11.5 Å². The quantitative estimate of drug-likeness (QED) is 0.856. The van der Waals surface area contributed by atoms with E-state index in [1.807, 2.05) is 0 Å². The molecule has 2 atom stereocenters. The van der Waals surface area contributed by atoms with Crippen molar-refractivity contribution in [2.75, 3.05) is 39.5 Å². The first-order valence-electron chi connectivity index (χ1n) is 8.11. The molecule has 3 aliphatic heterocycles. The lowest BCUT2D eigenvalue weighted by Gasteiger charge is -2.28. The Morgan fingerprint density at radius 3 is 2.81 bits per heavy atom. The minimum atomic E-state index is 0.529. The monoisotopic (exact) mass is 289 g/mol. The molecule has 1 aromatic carbocycles. The highest BCUT2D eigenvalue weighted by Gasteiger charge is 2.30. The van der Waals surface area contributed by atoms with Crippen molar-refractivity contribution < 1.29 is 14.2 Å². The van der Waals surface area contributed by atoms with Crippen LogP contribution in [0.1, 0.15) is 30.9 Å². The summed E-state index contributed by atoms with van der Waals surface area (Å²) in [5, 5.41) is 0. The maximum Gasteiger partial charge on any atom is 0.161 e. The highest BCUT2D eigenvalue weighted by Crippen LogP contribution is 2.38. The minimum Gasteiger partial charge on any atom is -0.486 e. The maximum atomic E-state index is 5.73. The summed E-state index contributed by atoms with van der Waals surface area (Å²) >= 11 is 0. The average molecular weight is 289 g/mol.